The Balaban J connectivity index is 0.00000292. The van der Waals surface area contributed by atoms with Crippen LogP contribution in [0, 0.1) is 18.8 Å². The van der Waals surface area contributed by atoms with Crippen molar-refractivity contribution in [3.05, 3.63) is 141 Å². The minimum absolute atomic E-state index is 0. The fourth-order valence-corrected chi connectivity index (χ4v) is 7.04. The van der Waals surface area contributed by atoms with Gasteiger partial charge < -0.3 is 23.3 Å². The predicted molar refractivity (Wildman–Crippen MR) is 182 cm³/mol. The van der Waals surface area contributed by atoms with Crippen LogP contribution in [0.25, 0.3) is 65.5 Å². The first-order valence-electron chi connectivity index (χ1n) is 14.9. The van der Waals surface area contributed by atoms with E-state index in [1.807, 2.05) is 72.4 Å². The van der Waals surface area contributed by atoms with Gasteiger partial charge in [0.05, 0.1) is 16.6 Å². The van der Waals surface area contributed by atoms with Crippen LogP contribution in [0.2, 0.25) is 0 Å². The van der Waals surface area contributed by atoms with E-state index in [-0.39, 0.29) is 21.1 Å². The molecule has 0 amide bonds. The summed E-state index contributed by atoms with van der Waals surface area (Å²) in [5, 5.41) is 7.05. The van der Waals surface area contributed by atoms with Crippen LogP contribution in [-0.2, 0) is 21.1 Å². The zero-order valence-electron chi connectivity index (χ0n) is 24.6. The topological polar surface area (TPSA) is 37.4 Å². The van der Waals surface area contributed by atoms with Crippen molar-refractivity contribution in [1.29, 1.82) is 0 Å². The second-order valence-electron chi connectivity index (χ2n) is 11.5. The second-order valence-corrected chi connectivity index (χ2v) is 11.5. The van der Waals surface area contributed by atoms with Crippen molar-refractivity contribution >= 4 is 71.2 Å². The van der Waals surface area contributed by atoms with E-state index >= 15 is 0 Å². The van der Waals surface area contributed by atoms with Crippen molar-refractivity contribution in [2.75, 3.05) is 11.9 Å². The molecule has 7 heteroatoms. The second kappa shape index (κ2) is 10.1. The molecule has 10 rings (SSSR count). The Kier molecular flexibility index (Phi) is 5.93. The number of pyridine rings is 1. The molecule has 46 heavy (non-hydrogen) atoms. The van der Waals surface area contributed by atoms with Crippen molar-refractivity contribution in [3.63, 3.8) is 0 Å². The van der Waals surface area contributed by atoms with Gasteiger partial charge in [-0.2, -0.15) is 18.8 Å². The number of ether oxygens (including phenoxy) is 1. The molecule has 4 aromatic heterocycles. The molecule has 1 aliphatic rings. The number of hydrogen-bond donors (Lipinski definition) is 0. The molecule has 0 saturated heterocycles. The van der Waals surface area contributed by atoms with Crippen LogP contribution in [0.15, 0.2) is 122 Å². The Labute approximate surface area is 278 Å². The molecule has 0 spiro atoms. The number of para-hydroxylation sites is 3. The maximum atomic E-state index is 6.42. The van der Waals surface area contributed by atoms with Gasteiger partial charge in [-0.1, -0.05) is 60.1 Å². The van der Waals surface area contributed by atoms with E-state index in [4.69, 9.17) is 9.72 Å². The quantitative estimate of drug-likeness (QED) is 0.168. The van der Waals surface area contributed by atoms with Crippen molar-refractivity contribution in [2.45, 2.75) is 0 Å². The van der Waals surface area contributed by atoms with Crippen molar-refractivity contribution in [2.24, 2.45) is 0 Å². The molecule has 5 aromatic carbocycles. The number of nitrogens with zero attached hydrogens (tertiary/aromatic N) is 5. The van der Waals surface area contributed by atoms with Gasteiger partial charge in [-0.3, -0.25) is 0 Å². The molecule has 0 bridgehead atoms. The summed E-state index contributed by atoms with van der Waals surface area (Å²) in [5.41, 5.74) is 7.14. The molecule has 0 radical (unpaired) electrons. The molecule has 224 valence electrons. The van der Waals surface area contributed by atoms with Crippen LogP contribution < -0.4 is 9.64 Å². The summed E-state index contributed by atoms with van der Waals surface area (Å²) in [6.45, 7) is 2.00. The van der Waals surface area contributed by atoms with Gasteiger partial charge >= 0.3 is 0 Å². The summed E-state index contributed by atoms with van der Waals surface area (Å²) in [6, 6.07) is 43.1. The molecular formula is C39H24N5OPt-3. The van der Waals surface area contributed by atoms with Gasteiger partial charge in [-0.25, -0.2) is 4.98 Å². The normalized spacial score (nSPS) is 13.3. The Hall–Kier alpha value is -5.32. The number of benzene rings is 5. The Morgan fingerprint density at radius 2 is 1.28 bits per heavy atom. The first kappa shape index (κ1) is 27.0. The van der Waals surface area contributed by atoms with Crippen molar-refractivity contribution < 1.29 is 25.8 Å². The van der Waals surface area contributed by atoms with Crippen LogP contribution in [0.1, 0.15) is 0 Å². The monoisotopic (exact) mass is 773 g/mol. The fraction of sp³-hybridized carbons (Fsp3) is 0.0256. The molecule has 0 fully saturated rings. The average molecular weight is 774 g/mol. The number of anilines is 1. The third-order valence-electron chi connectivity index (χ3n) is 8.90. The van der Waals surface area contributed by atoms with Crippen LogP contribution in [0.3, 0.4) is 0 Å². The third-order valence-corrected chi connectivity index (χ3v) is 8.90. The smallest absolute Gasteiger partial charge is 0.160 e. The standard InChI is InChI=1S/C39H24N5O.Pt/c1-41-20-21-42(24-41)25-8-4-9-26(22-25)45-27-17-18-29-31-12-6-14-33-32-13-5-11-30-28-10-2-3-15-34(28)43(37(30)32)35-16-7-19-40-39(35)44(38(31)33)36(29)23-27;/h2-21,24H,1H3;/q-3;. The van der Waals surface area contributed by atoms with E-state index in [2.05, 4.69) is 93.7 Å². The number of rotatable bonds is 3. The minimum Gasteiger partial charge on any atom is -0.510 e. The summed E-state index contributed by atoms with van der Waals surface area (Å²) in [5.74, 6) is 1.24. The van der Waals surface area contributed by atoms with E-state index < -0.39 is 0 Å². The van der Waals surface area contributed by atoms with Crippen LogP contribution in [0.4, 0.5) is 5.69 Å². The van der Waals surface area contributed by atoms with Crippen molar-refractivity contribution in [3.8, 4) is 11.5 Å². The van der Waals surface area contributed by atoms with Gasteiger partial charge in [-0.05, 0) is 43.0 Å². The molecule has 6 nitrogen and oxygen atoms in total. The van der Waals surface area contributed by atoms with Crippen molar-refractivity contribution in [1.82, 2.24) is 18.7 Å². The maximum absolute atomic E-state index is 6.42. The van der Waals surface area contributed by atoms with Gasteiger partial charge in [0.2, 0.25) is 0 Å². The van der Waals surface area contributed by atoms with E-state index in [0.29, 0.717) is 11.5 Å². The summed E-state index contributed by atoms with van der Waals surface area (Å²) in [6.07, 6.45) is 5.87. The summed E-state index contributed by atoms with van der Waals surface area (Å²) in [7, 11) is 2.00. The Morgan fingerprint density at radius 1 is 0.609 bits per heavy atom. The van der Waals surface area contributed by atoms with Gasteiger partial charge in [-0.15, -0.1) is 41.4 Å². The zero-order valence-corrected chi connectivity index (χ0v) is 26.9. The molecule has 5 heterocycles. The molecule has 9 aromatic rings. The molecule has 1 aliphatic heterocycles. The predicted octanol–water partition coefficient (Wildman–Crippen LogP) is 9.09. The SMILES string of the molecule is CN1C=CN(c2[c-]c(Oc3[c-]c4c(cc3)c3cccc5c6cccc7c8ccccc8n(c8cccnc8n4c35)c76)ccc2)[CH-]1.[Pt]. The zero-order chi connectivity index (χ0) is 29.6. The van der Waals surface area contributed by atoms with Gasteiger partial charge in [0, 0.05) is 65.8 Å². The summed E-state index contributed by atoms with van der Waals surface area (Å²) < 4.78 is 11.1. The molecular weight excluding hydrogens is 750 g/mol. The summed E-state index contributed by atoms with van der Waals surface area (Å²) >= 11 is 0. The van der Waals surface area contributed by atoms with E-state index in [9.17, 15) is 0 Å². The molecule has 0 unspecified atom stereocenters. The largest absolute Gasteiger partial charge is 0.510 e. The number of fused-ring (bicyclic) bond motifs is 10. The molecule has 0 atom stereocenters. The van der Waals surface area contributed by atoms with E-state index in [1.165, 1.54) is 21.7 Å². The number of hydrogen-bond acceptors (Lipinski definition) is 4. The first-order valence-corrected chi connectivity index (χ1v) is 14.9. The van der Waals surface area contributed by atoms with E-state index in [0.717, 1.165) is 49.6 Å². The molecule has 0 N–H and O–H groups in total. The van der Waals surface area contributed by atoms with Gasteiger partial charge in [0.1, 0.15) is 0 Å². The molecule has 0 aliphatic carbocycles. The molecule has 0 saturated carbocycles. The van der Waals surface area contributed by atoms with Gasteiger partial charge in [0.25, 0.3) is 0 Å². The van der Waals surface area contributed by atoms with Crippen LogP contribution in [-0.4, -0.2) is 25.7 Å². The van der Waals surface area contributed by atoms with Crippen LogP contribution in [0.5, 0.6) is 11.5 Å². The Morgan fingerprint density at radius 3 is 2.09 bits per heavy atom. The minimum atomic E-state index is 0. The third kappa shape index (κ3) is 3.77. The fourth-order valence-electron chi connectivity index (χ4n) is 7.04. The Bertz CT molecular complexity index is 2710. The maximum Gasteiger partial charge on any atom is 0.160 e. The van der Waals surface area contributed by atoms with E-state index in [1.54, 1.807) is 0 Å². The summed E-state index contributed by atoms with van der Waals surface area (Å²) in [4.78, 5) is 9.06. The van der Waals surface area contributed by atoms with Crippen LogP contribution >= 0.6 is 0 Å². The van der Waals surface area contributed by atoms with Gasteiger partial charge in [0.15, 0.2) is 5.65 Å². The average Bonchev–Trinajstić information content (AvgIpc) is 3.76. The number of aromatic nitrogens is 3. The first-order chi connectivity index (χ1) is 22.2.